The van der Waals surface area contributed by atoms with Crippen LogP contribution in [0, 0.1) is 0 Å². The number of rotatable bonds is 4. The summed E-state index contributed by atoms with van der Waals surface area (Å²) in [5, 5.41) is 1.97. The zero-order valence-corrected chi connectivity index (χ0v) is 11.4. The zero-order chi connectivity index (χ0) is 13.1. The monoisotopic (exact) mass is 265 g/mol. The summed E-state index contributed by atoms with van der Waals surface area (Å²) >= 11 is 1.56. The normalized spacial score (nSPS) is 10.9. The van der Waals surface area contributed by atoms with E-state index < -0.39 is 0 Å². The van der Waals surface area contributed by atoms with E-state index >= 15 is 0 Å². The molecule has 4 nitrogen and oxygen atoms in total. The highest BCUT2D eigenvalue weighted by Crippen LogP contribution is 2.29. The fourth-order valence-electron chi connectivity index (χ4n) is 1.65. The molecule has 0 aliphatic carbocycles. The number of ether oxygens (including phenoxy) is 1. The van der Waals surface area contributed by atoms with Gasteiger partial charge in [-0.3, -0.25) is 4.79 Å². The van der Waals surface area contributed by atoms with Crippen LogP contribution in [0.15, 0.2) is 21.9 Å². The van der Waals surface area contributed by atoms with E-state index in [0.29, 0.717) is 11.7 Å². The molecule has 0 N–H and O–H groups in total. The van der Waals surface area contributed by atoms with Crippen LogP contribution in [0.2, 0.25) is 0 Å². The lowest BCUT2D eigenvalue weighted by Crippen LogP contribution is -2.06. The maximum atomic E-state index is 11.3. The Balaban J connectivity index is 2.35. The number of hydrogen-bond acceptors (Lipinski definition) is 5. The largest absolute Gasteiger partial charge is 0.469 e. The molecule has 0 radical (unpaired) electrons. The van der Waals surface area contributed by atoms with Gasteiger partial charge in [0.15, 0.2) is 0 Å². The van der Waals surface area contributed by atoms with Crippen molar-refractivity contribution in [3.05, 3.63) is 29.0 Å². The van der Waals surface area contributed by atoms with Crippen molar-refractivity contribution in [3.63, 3.8) is 0 Å². The van der Waals surface area contributed by atoms with Gasteiger partial charge in [-0.1, -0.05) is 19.9 Å². The van der Waals surface area contributed by atoms with Crippen LogP contribution >= 0.6 is 11.3 Å². The predicted octanol–water partition coefficient (Wildman–Crippen LogP) is 3.24. The van der Waals surface area contributed by atoms with Crippen LogP contribution in [0.4, 0.5) is 0 Å². The molecule has 0 amide bonds. The lowest BCUT2D eigenvalue weighted by Gasteiger charge is -2.02. The van der Waals surface area contributed by atoms with Gasteiger partial charge in [0.2, 0.25) is 5.89 Å². The maximum absolute atomic E-state index is 11.3. The smallest absolute Gasteiger partial charge is 0.313 e. The number of aromatic nitrogens is 1. The van der Waals surface area contributed by atoms with Gasteiger partial charge in [-0.25, -0.2) is 4.98 Å². The molecule has 0 atom stereocenters. The van der Waals surface area contributed by atoms with Crippen molar-refractivity contribution >= 4 is 17.3 Å². The average molecular weight is 265 g/mol. The Labute approximate surface area is 110 Å². The van der Waals surface area contributed by atoms with E-state index in [9.17, 15) is 4.79 Å². The minimum atomic E-state index is -0.314. The molecule has 0 bridgehead atoms. The Bertz CT molecular complexity index is 528. The summed E-state index contributed by atoms with van der Waals surface area (Å²) in [6.45, 7) is 4.05. The molecule has 0 aliphatic rings. The van der Waals surface area contributed by atoms with Gasteiger partial charge in [0.05, 0.1) is 17.7 Å². The van der Waals surface area contributed by atoms with Crippen molar-refractivity contribution < 1.29 is 13.9 Å². The first kappa shape index (κ1) is 12.8. The molecular weight excluding hydrogens is 250 g/mol. The molecule has 0 saturated heterocycles. The second-order valence-electron chi connectivity index (χ2n) is 4.21. The zero-order valence-electron chi connectivity index (χ0n) is 10.6. The fraction of sp³-hybridized carbons (Fsp3) is 0.385. The number of carbonyl (C=O) groups excluding carboxylic acids is 1. The molecule has 2 aromatic rings. The van der Waals surface area contributed by atoms with E-state index in [1.54, 1.807) is 11.3 Å². The Kier molecular flexibility index (Phi) is 3.81. The second-order valence-corrected chi connectivity index (χ2v) is 5.16. The number of methoxy groups -OCH3 is 1. The lowest BCUT2D eigenvalue weighted by atomic mass is 10.1. The summed E-state index contributed by atoms with van der Waals surface area (Å²) in [6.07, 6.45) is 0.127. The molecule has 0 aromatic carbocycles. The minimum absolute atomic E-state index is 0.127. The lowest BCUT2D eigenvalue weighted by molar-refractivity contribution is -0.140. The third-order valence-electron chi connectivity index (χ3n) is 2.54. The van der Waals surface area contributed by atoms with Gasteiger partial charge in [0.25, 0.3) is 0 Å². The minimum Gasteiger partial charge on any atom is -0.469 e. The van der Waals surface area contributed by atoms with Gasteiger partial charge in [0, 0.05) is 0 Å². The molecule has 0 unspecified atom stereocenters. The van der Waals surface area contributed by atoms with E-state index in [1.807, 2.05) is 31.4 Å². The van der Waals surface area contributed by atoms with Crippen molar-refractivity contribution in [1.82, 2.24) is 4.98 Å². The molecule has 2 heterocycles. The van der Waals surface area contributed by atoms with Gasteiger partial charge in [-0.2, -0.15) is 0 Å². The number of hydrogen-bond donors (Lipinski definition) is 0. The van der Waals surface area contributed by atoms with Crippen LogP contribution in [0.5, 0.6) is 0 Å². The van der Waals surface area contributed by atoms with E-state index in [4.69, 9.17) is 4.42 Å². The first-order chi connectivity index (χ1) is 8.61. The summed E-state index contributed by atoms with van der Waals surface area (Å²) in [5.74, 6) is 1.07. The van der Waals surface area contributed by atoms with Gasteiger partial charge in [-0.15, -0.1) is 11.3 Å². The molecule has 0 aliphatic heterocycles. The highest BCUT2D eigenvalue weighted by molar-refractivity contribution is 7.13. The third kappa shape index (κ3) is 2.61. The summed E-state index contributed by atoms with van der Waals surface area (Å²) < 4.78 is 10.4. The van der Waals surface area contributed by atoms with Gasteiger partial charge in [-0.05, 0) is 17.4 Å². The maximum Gasteiger partial charge on any atom is 0.313 e. The standard InChI is InChI=1S/C13H15NO3S/c1-8(2)12-9(7-11(15)16-3)17-13(14-12)10-5-4-6-18-10/h4-6,8H,7H2,1-3H3. The molecule has 2 aromatic heterocycles. The van der Waals surface area contributed by atoms with E-state index in [-0.39, 0.29) is 18.3 Å². The molecule has 18 heavy (non-hydrogen) atoms. The number of esters is 1. The molecule has 5 heteroatoms. The van der Waals surface area contributed by atoms with Gasteiger partial charge < -0.3 is 9.15 Å². The van der Waals surface area contributed by atoms with Gasteiger partial charge >= 0.3 is 5.97 Å². The van der Waals surface area contributed by atoms with E-state index in [0.717, 1.165) is 10.6 Å². The predicted molar refractivity (Wildman–Crippen MR) is 69.6 cm³/mol. The highest BCUT2D eigenvalue weighted by atomic mass is 32.1. The van der Waals surface area contributed by atoms with E-state index in [2.05, 4.69) is 9.72 Å². The summed E-state index contributed by atoms with van der Waals surface area (Å²) in [6, 6.07) is 3.89. The molecule has 0 spiro atoms. The highest BCUT2D eigenvalue weighted by Gasteiger charge is 2.20. The third-order valence-corrected chi connectivity index (χ3v) is 3.40. The summed E-state index contributed by atoms with van der Waals surface area (Å²) in [7, 11) is 1.37. The fourth-order valence-corrected chi connectivity index (χ4v) is 2.30. The first-order valence-electron chi connectivity index (χ1n) is 5.72. The second kappa shape index (κ2) is 5.35. The van der Waals surface area contributed by atoms with Crippen molar-refractivity contribution in [2.24, 2.45) is 0 Å². The average Bonchev–Trinajstić information content (AvgIpc) is 2.96. The van der Waals surface area contributed by atoms with Crippen LogP contribution in [0.25, 0.3) is 10.8 Å². The Hall–Kier alpha value is -1.62. The topological polar surface area (TPSA) is 52.3 Å². The Morgan fingerprint density at radius 3 is 2.89 bits per heavy atom. The molecule has 0 fully saturated rings. The molecule has 0 saturated carbocycles. The number of thiophene rings is 1. The first-order valence-corrected chi connectivity index (χ1v) is 6.60. The molecule has 2 rings (SSSR count). The SMILES string of the molecule is COC(=O)Cc1oc(-c2cccs2)nc1C(C)C. The van der Waals surface area contributed by atoms with Crippen LogP contribution in [0.3, 0.4) is 0 Å². The summed E-state index contributed by atoms with van der Waals surface area (Å²) in [5.41, 5.74) is 0.823. The molecule has 96 valence electrons. The number of carbonyl (C=O) groups is 1. The van der Waals surface area contributed by atoms with Crippen LogP contribution in [0.1, 0.15) is 31.2 Å². The van der Waals surface area contributed by atoms with E-state index in [1.165, 1.54) is 7.11 Å². The van der Waals surface area contributed by atoms with Crippen molar-refractivity contribution in [3.8, 4) is 10.8 Å². The van der Waals surface area contributed by atoms with Crippen molar-refractivity contribution in [1.29, 1.82) is 0 Å². The Morgan fingerprint density at radius 1 is 1.56 bits per heavy atom. The Morgan fingerprint density at radius 2 is 2.33 bits per heavy atom. The summed E-state index contributed by atoms with van der Waals surface area (Å²) in [4.78, 5) is 16.8. The number of nitrogens with zero attached hydrogens (tertiary/aromatic N) is 1. The molecular formula is C13H15NO3S. The number of oxazole rings is 1. The van der Waals surface area contributed by atoms with Crippen LogP contribution < -0.4 is 0 Å². The van der Waals surface area contributed by atoms with Crippen molar-refractivity contribution in [2.75, 3.05) is 7.11 Å². The quantitative estimate of drug-likeness (QED) is 0.796. The van der Waals surface area contributed by atoms with Gasteiger partial charge in [0.1, 0.15) is 12.2 Å². The van der Waals surface area contributed by atoms with Crippen LogP contribution in [-0.4, -0.2) is 18.1 Å². The van der Waals surface area contributed by atoms with Crippen molar-refractivity contribution in [2.45, 2.75) is 26.2 Å². The van der Waals surface area contributed by atoms with Crippen LogP contribution in [-0.2, 0) is 16.0 Å².